The average molecular weight is 322 g/mol. The van der Waals surface area contributed by atoms with E-state index in [1.807, 2.05) is 31.3 Å². The molecule has 1 N–H and O–H groups in total. The first kappa shape index (κ1) is 16.8. The van der Waals surface area contributed by atoms with Crippen LogP contribution in [0.5, 0.6) is 5.75 Å². The molecule has 1 heterocycles. The molecule has 22 heavy (non-hydrogen) atoms. The first-order chi connectivity index (χ1) is 10.4. The van der Waals surface area contributed by atoms with Crippen molar-refractivity contribution >= 4 is 11.6 Å². The van der Waals surface area contributed by atoms with Crippen LogP contribution in [0.1, 0.15) is 27.2 Å². The Morgan fingerprint density at radius 3 is 2.68 bits per heavy atom. The summed E-state index contributed by atoms with van der Waals surface area (Å²) in [5.41, 5.74) is 1.75. The van der Waals surface area contributed by atoms with Crippen molar-refractivity contribution in [2.24, 2.45) is 7.05 Å². The largest absolute Gasteiger partial charge is 0.491 e. The lowest BCUT2D eigenvalue weighted by atomic mass is 10.1. The third kappa shape index (κ3) is 4.02. The standard InChI is InChI=1S/C17H24ClN3O/c1-5-10-19-17(2,3)12-22-15-9-7-6-8-13(15)16-14(18)11-20-21(16)4/h6-9,11,19H,5,10,12H2,1-4H3. The Kier molecular flexibility index (Phi) is 5.48. The van der Waals surface area contributed by atoms with Crippen LogP contribution in [0.25, 0.3) is 11.3 Å². The van der Waals surface area contributed by atoms with Crippen molar-refractivity contribution in [3.05, 3.63) is 35.5 Å². The zero-order chi connectivity index (χ0) is 16.2. The van der Waals surface area contributed by atoms with E-state index in [1.54, 1.807) is 10.9 Å². The van der Waals surface area contributed by atoms with Gasteiger partial charge in [-0.15, -0.1) is 0 Å². The summed E-state index contributed by atoms with van der Waals surface area (Å²) in [6, 6.07) is 7.92. The van der Waals surface area contributed by atoms with E-state index in [-0.39, 0.29) is 5.54 Å². The molecule has 0 aliphatic carbocycles. The molecule has 1 aromatic carbocycles. The molecule has 2 rings (SSSR count). The summed E-state index contributed by atoms with van der Waals surface area (Å²) in [6.07, 6.45) is 2.76. The van der Waals surface area contributed by atoms with Crippen molar-refractivity contribution < 1.29 is 4.74 Å². The van der Waals surface area contributed by atoms with Gasteiger partial charge in [-0.25, -0.2) is 0 Å². The predicted octanol–water partition coefficient (Wildman–Crippen LogP) is 3.90. The smallest absolute Gasteiger partial charge is 0.128 e. The van der Waals surface area contributed by atoms with E-state index in [2.05, 4.69) is 31.2 Å². The number of aromatic nitrogens is 2. The fourth-order valence-electron chi connectivity index (χ4n) is 2.27. The summed E-state index contributed by atoms with van der Waals surface area (Å²) in [5, 5.41) is 8.31. The quantitative estimate of drug-likeness (QED) is 0.840. The van der Waals surface area contributed by atoms with Crippen molar-refractivity contribution in [3.63, 3.8) is 0 Å². The molecule has 0 saturated carbocycles. The molecule has 0 saturated heterocycles. The van der Waals surface area contributed by atoms with Crippen LogP contribution in [-0.4, -0.2) is 28.5 Å². The Labute approximate surface area is 137 Å². The van der Waals surface area contributed by atoms with Gasteiger partial charge in [0.15, 0.2) is 0 Å². The van der Waals surface area contributed by atoms with E-state index >= 15 is 0 Å². The molecular weight excluding hydrogens is 298 g/mol. The summed E-state index contributed by atoms with van der Waals surface area (Å²) in [6.45, 7) is 8.00. The van der Waals surface area contributed by atoms with E-state index in [4.69, 9.17) is 16.3 Å². The SMILES string of the molecule is CCCNC(C)(C)COc1ccccc1-c1c(Cl)cnn1C. The number of nitrogens with zero attached hydrogens (tertiary/aromatic N) is 2. The highest BCUT2D eigenvalue weighted by Gasteiger charge is 2.19. The number of nitrogens with one attached hydrogen (secondary N) is 1. The molecular formula is C17H24ClN3O. The number of para-hydroxylation sites is 1. The van der Waals surface area contributed by atoms with Gasteiger partial charge >= 0.3 is 0 Å². The van der Waals surface area contributed by atoms with Crippen LogP contribution < -0.4 is 10.1 Å². The maximum Gasteiger partial charge on any atom is 0.128 e. The highest BCUT2D eigenvalue weighted by Crippen LogP contribution is 2.34. The van der Waals surface area contributed by atoms with Gasteiger partial charge in [-0.1, -0.05) is 30.7 Å². The second-order valence-electron chi connectivity index (χ2n) is 6.06. The fraction of sp³-hybridized carbons (Fsp3) is 0.471. The minimum absolute atomic E-state index is 0.0840. The van der Waals surface area contributed by atoms with Crippen LogP contribution in [0.15, 0.2) is 30.5 Å². The molecule has 0 atom stereocenters. The molecule has 0 fully saturated rings. The summed E-state index contributed by atoms with van der Waals surface area (Å²) >= 11 is 6.26. The third-order valence-corrected chi connectivity index (χ3v) is 3.75. The lowest BCUT2D eigenvalue weighted by molar-refractivity contribution is 0.209. The van der Waals surface area contributed by atoms with Crippen LogP contribution >= 0.6 is 11.6 Å². The van der Waals surface area contributed by atoms with E-state index < -0.39 is 0 Å². The number of hydrogen-bond donors (Lipinski definition) is 1. The van der Waals surface area contributed by atoms with Crippen molar-refractivity contribution in [1.82, 2.24) is 15.1 Å². The topological polar surface area (TPSA) is 39.1 Å². The van der Waals surface area contributed by atoms with Crippen molar-refractivity contribution in [1.29, 1.82) is 0 Å². The van der Waals surface area contributed by atoms with E-state index in [1.165, 1.54) is 0 Å². The molecule has 0 amide bonds. The van der Waals surface area contributed by atoms with Gasteiger partial charge in [-0.2, -0.15) is 5.10 Å². The zero-order valence-corrected chi connectivity index (χ0v) is 14.4. The number of hydrogen-bond acceptors (Lipinski definition) is 3. The van der Waals surface area contributed by atoms with Gasteiger partial charge in [-0.05, 0) is 38.9 Å². The van der Waals surface area contributed by atoms with Gasteiger partial charge < -0.3 is 10.1 Å². The zero-order valence-electron chi connectivity index (χ0n) is 13.7. The molecule has 120 valence electrons. The fourth-order valence-corrected chi connectivity index (χ4v) is 2.54. The number of halogens is 1. The Morgan fingerprint density at radius 1 is 1.32 bits per heavy atom. The maximum atomic E-state index is 6.26. The molecule has 0 aliphatic rings. The Balaban J connectivity index is 2.20. The van der Waals surface area contributed by atoms with Crippen molar-refractivity contribution in [3.8, 4) is 17.0 Å². The Bertz CT molecular complexity index is 603. The van der Waals surface area contributed by atoms with Crippen molar-refractivity contribution in [2.75, 3.05) is 13.2 Å². The first-order valence-corrected chi connectivity index (χ1v) is 7.97. The molecule has 4 nitrogen and oxygen atoms in total. The predicted molar refractivity (Wildman–Crippen MR) is 91.5 cm³/mol. The Morgan fingerprint density at radius 2 is 2.05 bits per heavy atom. The summed E-state index contributed by atoms with van der Waals surface area (Å²) in [4.78, 5) is 0. The van der Waals surface area contributed by atoms with E-state index in [0.29, 0.717) is 11.6 Å². The van der Waals surface area contributed by atoms with Crippen molar-refractivity contribution in [2.45, 2.75) is 32.7 Å². The van der Waals surface area contributed by atoms with Gasteiger partial charge in [0.2, 0.25) is 0 Å². The van der Waals surface area contributed by atoms with E-state index in [9.17, 15) is 0 Å². The van der Waals surface area contributed by atoms with Gasteiger partial charge in [0.25, 0.3) is 0 Å². The molecule has 0 aliphatic heterocycles. The first-order valence-electron chi connectivity index (χ1n) is 7.59. The summed E-state index contributed by atoms with van der Waals surface area (Å²) < 4.78 is 7.84. The van der Waals surface area contributed by atoms with Gasteiger partial charge in [0.1, 0.15) is 12.4 Å². The van der Waals surface area contributed by atoms with E-state index in [0.717, 1.165) is 30.0 Å². The Hall–Kier alpha value is -1.52. The number of aryl methyl sites for hydroxylation is 1. The second kappa shape index (κ2) is 7.16. The minimum atomic E-state index is -0.0840. The van der Waals surface area contributed by atoms with Crippen LogP contribution in [0.2, 0.25) is 5.02 Å². The molecule has 0 radical (unpaired) electrons. The lowest BCUT2D eigenvalue weighted by Crippen LogP contribution is -2.44. The molecule has 0 unspecified atom stereocenters. The summed E-state index contributed by atoms with van der Waals surface area (Å²) in [7, 11) is 1.88. The number of rotatable bonds is 7. The van der Waals surface area contributed by atoms with Gasteiger partial charge in [0, 0.05) is 18.2 Å². The third-order valence-electron chi connectivity index (χ3n) is 3.48. The highest BCUT2D eigenvalue weighted by molar-refractivity contribution is 6.33. The van der Waals surface area contributed by atoms with Gasteiger partial charge in [0.05, 0.1) is 16.9 Å². The average Bonchev–Trinajstić information content (AvgIpc) is 2.83. The van der Waals surface area contributed by atoms with Crippen LogP contribution in [0.4, 0.5) is 0 Å². The minimum Gasteiger partial charge on any atom is -0.491 e. The molecule has 5 heteroatoms. The highest BCUT2D eigenvalue weighted by atomic mass is 35.5. The maximum absolute atomic E-state index is 6.26. The summed E-state index contributed by atoms with van der Waals surface area (Å²) in [5.74, 6) is 0.819. The molecule has 0 spiro atoms. The van der Waals surface area contributed by atoms with Gasteiger partial charge in [-0.3, -0.25) is 4.68 Å². The molecule has 1 aromatic heterocycles. The normalized spacial score (nSPS) is 11.7. The van der Waals surface area contributed by atoms with Crippen LogP contribution in [0, 0.1) is 0 Å². The second-order valence-corrected chi connectivity index (χ2v) is 6.47. The number of benzene rings is 1. The number of ether oxygens (including phenoxy) is 1. The van der Waals surface area contributed by atoms with Crippen LogP contribution in [-0.2, 0) is 7.05 Å². The lowest BCUT2D eigenvalue weighted by Gasteiger charge is -2.27. The van der Waals surface area contributed by atoms with Crippen LogP contribution in [0.3, 0.4) is 0 Å². The molecule has 2 aromatic rings. The monoisotopic (exact) mass is 321 g/mol. The molecule has 0 bridgehead atoms.